The number of rotatable bonds is 6. The van der Waals surface area contributed by atoms with Gasteiger partial charge >= 0.3 is 0 Å². The zero-order valence-electron chi connectivity index (χ0n) is 12.9. The molecular weight excluding hydrogens is 381 g/mol. The largest absolute Gasteiger partial charge is 0.351 e. The summed E-state index contributed by atoms with van der Waals surface area (Å²) >= 11 is 13.2. The number of halogens is 2. The first-order valence-corrected chi connectivity index (χ1v) is 9.02. The van der Waals surface area contributed by atoms with Crippen LogP contribution in [0.15, 0.2) is 47.9 Å². The van der Waals surface area contributed by atoms with Gasteiger partial charge in [0, 0.05) is 34.5 Å². The smallest absolute Gasteiger partial charge is 0.230 e. The Balaban J connectivity index is 1.50. The summed E-state index contributed by atoms with van der Waals surface area (Å²) in [6.07, 6.45) is 3.36. The Labute approximate surface area is 158 Å². The van der Waals surface area contributed by atoms with E-state index in [4.69, 9.17) is 23.2 Å². The van der Waals surface area contributed by atoms with Crippen molar-refractivity contribution in [3.8, 4) is 11.4 Å². The number of carbonyl (C=O) groups is 1. The van der Waals surface area contributed by atoms with Crippen LogP contribution in [0, 0.1) is 0 Å². The summed E-state index contributed by atoms with van der Waals surface area (Å²) in [7, 11) is 0. The van der Waals surface area contributed by atoms with Crippen molar-refractivity contribution < 1.29 is 4.79 Å². The third kappa shape index (κ3) is 4.94. The van der Waals surface area contributed by atoms with Crippen LogP contribution >= 0.6 is 35.0 Å². The lowest BCUT2D eigenvalue weighted by Crippen LogP contribution is -2.24. The van der Waals surface area contributed by atoms with Gasteiger partial charge in [-0.15, -0.1) is 5.10 Å². The molecule has 2 heterocycles. The number of benzene rings is 1. The molecule has 0 fully saturated rings. The van der Waals surface area contributed by atoms with E-state index in [1.165, 1.54) is 11.8 Å². The molecule has 0 saturated heterocycles. The van der Waals surface area contributed by atoms with E-state index >= 15 is 0 Å². The van der Waals surface area contributed by atoms with Crippen LogP contribution in [0.3, 0.4) is 0 Å². The molecule has 3 aromatic rings. The summed E-state index contributed by atoms with van der Waals surface area (Å²) in [5, 5.41) is 11.3. The van der Waals surface area contributed by atoms with Crippen molar-refractivity contribution in [2.75, 3.05) is 5.75 Å². The standard InChI is InChI=1S/C16H13Cl2N5OS/c17-12-2-1-11(13(18)7-12)8-20-14(24)9-25-16-21-15(22-23-16)10-3-5-19-6-4-10/h1-7H,8-9H2,(H,20,24)(H,21,22,23). The highest BCUT2D eigenvalue weighted by Crippen LogP contribution is 2.21. The molecular formula is C16H13Cl2N5OS. The Kier molecular flexibility index (Phi) is 5.91. The lowest BCUT2D eigenvalue weighted by molar-refractivity contribution is -0.118. The molecule has 0 atom stereocenters. The maximum atomic E-state index is 12.0. The number of nitrogens with one attached hydrogen (secondary N) is 2. The number of hydrogen-bond acceptors (Lipinski definition) is 5. The molecule has 9 heteroatoms. The van der Waals surface area contributed by atoms with Gasteiger partial charge in [-0.25, -0.2) is 4.98 Å². The number of aromatic amines is 1. The van der Waals surface area contributed by atoms with Crippen LogP contribution in [0.25, 0.3) is 11.4 Å². The van der Waals surface area contributed by atoms with Gasteiger partial charge in [-0.1, -0.05) is 41.0 Å². The van der Waals surface area contributed by atoms with E-state index in [2.05, 4.69) is 25.5 Å². The molecule has 1 amide bonds. The number of amides is 1. The van der Waals surface area contributed by atoms with E-state index in [1.807, 2.05) is 12.1 Å². The minimum absolute atomic E-state index is 0.133. The van der Waals surface area contributed by atoms with Gasteiger partial charge < -0.3 is 5.32 Å². The summed E-state index contributed by atoms with van der Waals surface area (Å²) in [5.74, 6) is 0.711. The summed E-state index contributed by atoms with van der Waals surface area (Å²) in [6, 6.07) is 8.83. The van der Waals surface area contributed by atoms with Crippen molar-refractivity contribution in [1.29, 1.82) is 0 Å². The van der Waals surface area contributed by atoms with Crippen LogP contribution in [0.1, 0.15) is 5.56 Å². The van der Waals surface area contributed by atoms with Crippen LogP contribution in [0.2, 0.25) is 10.0 Å². The van der Waals surface area contributed by atoms with Crippen molar-refractivity contribution in [3.05, 3.63) is 58.3 Å². The first-order chi connectivity index (χ1) is 12.1. The van der Waals surface area contributed by atoms with Crippen molar-refractivity contribution in [2.45, 2.75) is 11.7 Å². The second kappa shape index (κ2) is 8.33. The highest BCUT2D eigenvalue weighted by atomic mass is 35.5. The fraction of sp³-hybridized carbons (Fsp3) is 0.125. The normalized spacial score (nSPS) is 10.6. The highest BCUT2D eigenvalue weighted by Gasteiger charge is 2.09. The molecule has 0 radical (unpaired) electrons. The van der Waals surface area contributed by atoms with Gasteiger partial charge in [0.05, 0.1) is 5.75 Å². The van der Waals surface area contributed by atoms with E-state index in [0.717, 1.165) is 11.1 Å². The second-order valence-corrected chi connectivity index (χ2v) is 6.79. The Morgan fingerprint density at radius 1 is 1.20 bits per heavy atom. The quantitative estimate of drug-likeness (QED) is 0.625. The second-order valence-electron chi connectivity index (χ2n) is 5.00. The molecule has 0 saturated carbocycles. The Hall–Kier alpha value is -2.09. The number of thioether (sulfide) groups is 1. The Morgan fingerprint density at radius 2 is 2.00 bits per heavy atom. The first-order valence-electron chi connectivity index (χ1n) is 7.28. The lowest BCUT2D eigenvalue weighted by Gasteiger charge is -2.06. The molecule has 0 bridgehead atoms. The third-order valence-electron chi connectivity index (χ3n) is 3.24. The number of carbonyl (C=O) groups excluding carboxylic acids is 1. The predicted molar refractivity (Wildman–Crippen MR) is 98.6 cm³/mol. The molecule has 0 unspecified atom stereocenters. The summed E-state index contributed by atoms with van der Waals surface area (Å²) < 4.78 is 0. The van der Waals surface area contributed by atoms with E-state index in [0.29, 0.717) is 27.6 Å². The number of hydrogen-bond donors (Lipinski definition) is 2. The Bertz CT molecular complexity index is 872. The fourth-order valence-corrected chi connectivity index (χ4v) is 3.09. The maximum absolute atomic E-state index is 12.0. The molecule has 0 aliphatic rings. The fourth-order valence-electron chi connectivity index (χ4n) is 1.99. The van der Waals surface area contributed by atoms with Gasteiger partial charge in [-0.2, -0.15) is 0 Å². The predicted octanol–water partition coefficient (Wildman–Crippen LogP) is 3.58. The van der Waals surface area contributed by atoms with Gasteiger partial charge in [0.2, 0.25) is 11.1 Å². The lowest BCUT2D eigenvalue weighted by atomic mass is 10.2. The summed E-state index contributed by atoms with van der Waals surface area (Å²) in [6.45, 7) is 0.339. The summed E-state index contributed by atoms with van der Waals surface area (Å²) in [4.78, 5) is 20.3. The molecule has 0 spiro atoms. The van der Waals surface area contributed by atoms with Gasteiger partial charge in [0.1, 0.15) is 0 Å². The molecule has 2 N–H and O–H groups in total. The van der Waals surface area contributed by atoms with Crippen molar-refractivity contribution in [1.82, 2.24) is 25.5 Å². The van der Waals surface area contributed by atoms with E-state index in [9.17, 15) is 4.79 Å². The molecule has 6 nitrogen and oxygen atoms in total. The van der Waals surface area contributed by atoms with Gasteiger partial charge in [-0.05, 0) is 29.8 Å². The monoisotopic (exact) mass is 393 g/mol. The topological polar surface area (TPSA) is 83.6 Å². The molecule has 128 valence electrons. The van der Waals surface area contributed by atoms with Crippen LogP contribution in [0.5, 0.6) is 0 Å². The van der Waals surface area contributed by atoms with E-state index in [-0.39, 0.29) is 11.7 Å². The van der Waals surface area contributed by atoms with Gasteiger partial charge in [0.15, 0.2) is 5.82 Å². The van der Waals surface area contributed by atoms with E-state index in [1.54, 1.807) is 30.6 Å². The zero-order valence-corrected chi connectivity index (χ0v) is 15.2. The van der Waals surface area contributed by atoms with Crippen LogP contribution in [0.4, 0.5) is 0 Å². The van der Waals surface area contributed by atoms with Gasteiger partial charge in [-0.3, -0.25) is 14.9 Å². The zero-order chi connectivity index (χ0) is 17.6. The first kappa shape index (κ1) is 17.7. The van der Waals surface area contributed by atoms with Crippen LogP contribution < -0.4 is 5.32 Å². The molecule has 1 aromatic carbocycles. The molecule has 25 heavy (non-hydrogen) atoms. The van der Waals surface area contributed by atoms with Crippen LogP contribution in [-0.4, -0.2) is 31.8 Å². The van der Waals surface area contributed by atoms with E-state index < -0.39 is 0 Å². The number of aromatic nitrogens is 4. The summed E-state index contributed by atoms with van der Waals surface area (Å²) in [5.41, 5.74) is 1.69. The van der Waals surface area contributed by atoms with Crippen molar-refractivity contribution in [2.24, 2.45) is 0 Å². The maximum Gasteiger partial charge on any atom is 0.230 e. The minimum Gasteiger partial charge on any atom is -0.351 e. The number of H-pyrrole nitrogens is 1. The van der Waals surface area contributed by atoms with Crippen molar-refractivity contribution in [3.63, 3.8) is 0 Å². The highest BCUT2D eigenvalue weighted by molar-refractivity contribution is 7.99. The Morgan fingerprint density at radius 3 is 2.76 bits per heavy atom. The van der Waals surface area contributed by atoms with Crippen LogP contribution in [-0.2, 0) is 11.3 Å². The average molecular weight is 394 g/mol. The minimum atomic E-state index is -0.133. The molecule has 0 aliphatic carbocycles. The molecule has 3 rings (SSSR count). The SMILES string of the molecule is O=C(CSc1n[nH]c(-c2ccncc2)n1)NCc1ccc(Cl)cc1Cl. The third-order valence-corrected chi connectivity index (χ3v) is 4.68. The molecule has 0 aliphatic heterocycles. The number of nitrogens with zero attached hydrogens (tertiary/aromatic N) is 3. The average Bonchev–Trinajstić information content (AvgIpc) is 3.09. The van der Waals surface area contributed by atoms with Crippen molar-refractivity contribution >= 4 is 40.9 Å². The number of pyridine rings is 1. The molecule has 2 aromatic heterocycles. The van der Waals surface area contributed by atoms with Gasteiger partial charge in [0.25, 0.3) is 0 Å².